The third-order valence-corrected chi connectivity index (χ3v) is 11.4. The number of fused-ring (bicyclic) bond motifs is 3. The average molecular weight is 712 g/mol. The summed E-state index contributed by atoms with van der Waals surface area (Å²) in [5.41, 5.74) is 5.12. The van der Waals surface area contributed by atoms with Crippen molar-refractivity contribution in [3.8, 4) is 22.6 Å². The lowest BCUT2D eigenvalue weighted by Crippen LogP contribution is -2.58. The van der Waals surface area contributed by atoms with Gasteiger partial charge in [-0.15, -0.1) is 0 Å². The number of carbonyl (C=O) groups excluding carboxylic acids is 2. The Labute approximate surface area is 307 Å². The number of methoxy groups -OCH3 is 1. The van der Waals surface area contributed by atoms with Crippen molar-refractivity contribution in [2.45, 2.75) is 77.5 Å². The standard InChI is InChI=1S/C42H53N3O7/c1-25-34-20-17-30(21-42(34,3)4)37(25)43-40(48)38-36(26(2)47)35(23-46)52-45(38)22-31-9-8-10-33(28-13-15-29(16-14-28)41(49)44(5)6)39(31)51-24-27-11-18-32(50-7)19-12-27/h8-16,18-19,26,30,34-38,46-47H,1,17,20-24H2,2-7H3,(H,43,48)/t26-,30?,34-,35-,36+,37+,38-/m0/s1. The van der Waals surface area contributed by atoms with E-state index in [0.29, 0.717) is 23.1 Å². The first-order valence-corrected chi connectivity index (χ1v) is 18.2. The molecule has 0 radical (unpaired) electrons. The van der Waals surface area contributed by atoms with E-state index in [-0.39, 0.29) is 43.0 Å². The number of aliphatic hydroxyl groups excluding tert-OH is 2. The predicted molar refractivity (Wildman–Crippen MR) is 199 cm³/mol. The predicted octanol–water partition coefficient (Wildman–Crippen LogP) is 5.61. The van der Waals surface area contributed by atoms with Crippen LogP contribution in [0.2, 0.25) is 0 Å². The number of carbonyl (C=O) groups is 2. The topological polar surface area (TPSA) is 121 Å². The van der Waals surface area contributed by atoms with Crippen molar-refractivity contribution < 1.29 is 34.1 Å². The second kappa shape index (κ2) is 15.4. The van der Waals surface area contributed by atoms with Gasteiger partial charge in [-0.25, -0.2) is 0 Å². The zero-order valence-corrected chi connectivity index (χ0v) is 31.2. The lowest BCUT2D eigenvalue weighted by Gasteiger charge is -2.53. The van der Waals surface area contributed by atoms with Gasteiger partial charge < -0.3 is 29.9 Å². The zero-order valence-electron chi connectivity index (χ0n) is 31.2. The number of nitrogens with zero attached hydrogens (tertiary/aromatic N) is 2. The van der Waals surface area contributed by atoms with Crippen molar-refractivity contribution in [3.63, 3.8) is 0 Å². The molecule has 4 aliphatic rings. The number of hydroxylamine groups is 2. The van der Waals surface area contributed by atoms with Crippen molar-refractivity contribution in [3.05, 3.63) is 95.6 Å². The molecule has 7 atom stereocenters. The summed E-state index contributed by atoms with van der Waals surface area (Å²) in [6, 6.07) is 19.8. The fourth-order valence-corrected chi connectivity index (χ4v) is 8.71. The molecular formula is C42H53N3O7. The van der Waals surface area contributed by atoms with E-state index in [9.17, 15) is 19.8 Å². The van der Waals surface area contributed by atoms with Crippen LogP contribution in [0.25, 0.3) is 11.1 Å². The van der Waals surface area contributed by atoms with Gasteiger partial charge >= 0.3 is 0 Å². The Balaban J connectivity index is 1.33. The number of amides is 2. The fourth-order valence-electron chi connectivity index (χ4n) is 8.71. The molecule has 1 saturated heterocycles. The van der Waals surface area contributed by atoms with Crippen molar-refractivity contribution in [2.24, 2.45) is 23.2 Å². The van der Waals surface area contributed by atoms with Crippen molar-refractivity contribution in [1.29, 1.82) is 0 Å². The van der Waals surface area contributed by atoms with Gasteiger partial charge in [0.25, 0.3) is 5.91 Å². The maximum absolute atomic E-state index is 14.4. The SMILES string of the molecule is C=C1[C@@H](NC(=O)[C@@H]2[C@H]([C@H](C)O)[C@H](CO)ON2Cc2cccc(-c3ccc(C(=O)N(C)C)cc3)c2OCc2ccc(OC)cc2)C2CC[C@@H]1C(C)(C)C2. The summed E-state index contributed by atoms with van der Waals surface area (Å²) in [7, 11) is 5.07. The van der Waals surface area contributed by atoms with E-state index in [0.717, 1.165) is 52.8 Å². The van der Waals surface area contributed by atoms with Gasteiger partial charge in [-0.3, -0.25) is 14.4 Å². The average Bonchev–Trinajstić information content (AvgIpc) is 3.50. The second-order valence-electron chi connectivity index (χ2n) is 15.5. The van der Waals surface area contributed by atoms with Crippen LogP contribution >= 0.6 is 0 Å². The highest BCUT2D eigenvalue weighted by Crippen LogP contribution is 2.54. The molecule has 52 heavy (non-hydrogen) atoms. The number of hydrogen-bond donors (Lipinski definition) is 3. The third kappa shape index (κ3) is 7.48. The smallest absolute Gasteiger partial charge is 0.253 e. The molecule has 7 rings (SSSR count). The Hall–Kier alpha value is -4.22. The highest BCUT2D eigenvalue weighted by atomic mass is 16.7. The summed E-state index contributed by atoms with van der Waals surface area (Å²) in [6.45, 7) is 10.7. The van der Waals surface area contributed by atoms with Crippen LogP contribution in [0, 0.1) is 23.2 Å². The zero-order chi connectivity index (χ0) is 37.3. The van der Waals surface area contributed by atoms with Gasteiger partial charge in [0.15, 0.2) is 0 Å². The van der Waals surface area contributed by atoms with Gasteiger partial charge in [-0.2, -0.15) is 5.06 Å². The molecule has 1 unspecified atom stereocenters. The molecule has 3 N–H and O–H groups in total. The lowest BCUT2D eigenvalue weighted by atomic mass is 9.54. The Morgan fingerprint density at radius 1 is 1.08 bits per heavy atom. The molecule has 1 heterocycles. The summed E-state index contributed by atoms with van der Waals surface area (Å²) in [6.07, 6.45) is 1.41. The molecule has 3 aliphatic carbocycles. The Bertz CT molecular complexity index is 1750. The van der Waals surface area contributed by atoms with Gasteiger partial charge in [0.1, 0.15) is 30.3 Å². The van der Waals surface area contributed by atoms with Gasteiger partial charge in [0.05, 0.1) is 32.4 Å². The van der Waals surface area contributed by atoms with Crippen molar-refractivity contribution >= 4 is 11.8 Å². The van der Waals surface area contributed by atoms with Crippen LogP contribution in [0.3, 0.4) is 0 Å². The highest BCUT2D eigenvalue weighted by molar-refractivity contribution is 5.94. The number of benzene rings is 3. The normalized spacial score (nSPS) is 25.8. The summed E-state index contributed by atoms with van der Waals surface area (Å²) in [5.74, 6) is 0.937. The van der Waals surface area contributed by atoms with Crippen LogP contribution in [0.15, 0.2) is 78.9 Å². The quantitative estimate of drug-likeness (QED) is 0.208. The molecule has 0 aromatic heterocycles. The third-order valence-electron chi connectivity index (χ3n) is 11.4. The number of nitrogens with one attached hydrogen (secondary N) is 1. The van der Waals surface area contributed by atoms with Gasteiger partial charge in [-0.1, -0.05) is 68.5 Å². The van der Waals surface area contributed by atoms with Crippen LogP contribution in [-0.4, -0.2) is 84.1 Å². The van der Waals surface area contributed by atoms with Crippen LogP contribution in [0.5, 0.6) is 11.5 Å². The minimum atomic E-state index is -0.927. The monoisotopic (exact) mass is 711 g/mol. The van der Waals surface area contributed by atoms with E-state index < -0.39 is 24.2 Å². The van der Waals surface area contributed by atoms with E-state index in [4.69, 9.17) is 14.3 Å². The number of ether oxygens (including phenoxy) is 2. The first-order chi connectivity index (χ1) is 24.8. The number of aliphatic hydroxyl groups is 2. The van der Waals surface area contributed by atoms with Crippen molar-refractivity contribution in [1.82, 2.24) is 15.3 Å². The van der Waals surface area contributed by atoms with Crippen LogP contribution < -0.4 is 14.8 Å². The number of para-hydroxylation sites is 1. The minimum Gasteiger partial charge on any atom is -0.497 e. The molecule has 10 heteroatoms. The Morgan fingerprint density at radius 2 is 1.79 bits per heavy atom. The summed E-state index contributed by atoms with van der Waals surface area (Å²) in [5, 5.41) is 26.3. The molecule has 10 nitrogen and oxygen atoms in total. The second-order valence-corrected chi connectivity index (χ2v) is 15.5. The number of hydrogen-bond acceptors (Lipinski definition) is 8. The number of rotatable bonds is 12. The van der Waals surface area contributed by atoms with Crippen LogP contribution in [0.1, 0.15) is 61.5 Å². The van der Waals surface area contributed by atoms with Gasteiger partial charge in [0.2, 0.25) is 5.91 Å². The molecule has 4 fully saturated rings. The first-order valence-electron chi connectivity index (χ1n) is 18.2. The summed E-state index contributed by atoms with van der Waals surface area (Å²) >= 11 is 0. The van der Waals surface area contributed by atoms with Gasteiger partial charge in [-0.05, 0) is 78.8 Å². The molecule has 278 valence electrons. The molecule has 0 spiro atoms. The van der Waals surface area contributed by atoms with E-state index in [2.05, 4.69) is 25.7 Å². The molecule has 3 aromatic rings. The van der Waals surface area contributed by atoms with E-state index in [1.165, 1.54) is 4.90 Å². The Kier molecular flexibility index (Phi) is 11.1. The summed E-state index contributed by atoms with van der Waals surface area (Å²) < 4.78 is 11.9. The maximum Gasteiger partial charge on any atom is 0.253 e. The fraction of sp³-hybridized carbons (Fsp3) is 0.476. The molecule has 3 saturated carbocycles. The van der Waals surface area contributed by atoms with E-state index in [1.807, 2.05) is 54.6 Å². The highest BCUT2D eigenvalue weighted by Gasteiger charge is 2.53. The van der Waals surface area contributed by atoms with Crippen LogP contribution in [-0.2, 0) is 22.8 Å². The molecule has 3 aromatic carbocycles. The minimum absolute atomic E-state index is 0.0915. The lowest BCUT2D eigenvalue weighted by molar-refractivity contribution is -0.182. The van der Waals surface area contributed by atoms with Gasteiger partial charge in [0, 0.05) is 36.7 Å². The molecule has 2 amide bonds. The maximum atomic E-state index is 14.4. The Morgan fingerprint density at radius 3 is 2.38 bits per heavy atom. The largest absolute Gasteiger partial charge is 0.497 e. The van der Waals surface area contributed by atoms with Crippen molar-refractivity contribution in [2.75, 3.05) is 27.8 Å². The molecule has 1 aliphatic heterocycles. The molecule has 2 bridgehead atoms. The summed E-state index contributed by atoms with van der Waals surface area (Å²) in [4.78, 5) is 34.9. The first kappa shape index (κ1) is 37.5. The van der Waals surface area contributed by atoms with E-state index in [1.54, 1.807) is 45.3 Å². The van der Waals surface area contributed by atoms with Crippen LogP contribution in [0.4, 0.5) is 0 Å². The van der Waals surface area contributed by atoms with E-state index >= 15 is 0 Å². The molecular weight excluding hydrogens is 658 g/mol.